The highest BCUT2D eigenvalue weighted by Gasteiger charge is 2.20. The second-order valence-corrected chi connectivity index (χ2v) is 8.70. The third-order valence-corrected chi connectivity index (χ3v) is 5.78. The molecule has 0 radical (unpaired) electrons. The normalized spacial score (nSPS) is 11.9. The van der Waals surface area contributed by atoms with Crippen LogP contribution in [0.25, 0.3) is 0 Å². The van der Waals surface area contributed by atoms with E-state index in [1.54, 1.807) is 0 Å². The summed E-state index contributed by atoms with van der Waals surface area (Å²) >= 11 is 1.25. The Kier molecular flexibility index (Phi) is 6.66. The van der Waals surface area contributed by atoms with E-state index >= 15 is 0 Å². The summed E-state index contributed by atoms with van der Waals surface area (Å²) in [5.41, 5.74) is 5.13. The van der Waals surface area contributed by atoms with Crippen molar-refractivity contribution in [3.8, 4) is 5.75 Å². The van der Waals surface area contributed by atoms with Crippen LogP contribution in [0.1, 0.15) is 35.0 Å². The van der Waals surface area contributed by atoms with Crippen molar-refractivity contribution in [2.24, 2.45) is 0 Å². The van der Waals surface area contributed by atoms with Crippen molar-refractivity contribution < 1.29 is 9.53 Å². The van der Waals surface area contributed by atoms with Gasteiger partial charge in [-0.05, 0) is 63.4 Å². The van der Waals surface area contributed by atoms with E-state index < -0.39 is 5.25 Å². The van der Waals surface area contributed by atoms with E-state index in [2.05, 4.69) is 21.6 Å². The molecule has 0 aliphatic heterocycles. The van der Waals surface area contributed by atoms with Crippen LogP contribution in [0.15, 0.2) is 41.6 Å². The minimum Gasteiger partial charge on any atom is -0.485 e. The van der Waals surface area contributed by atoms with Crippen molar-refractivity contribution in [3.63, 3.8) is 0 Å². The highest BCUT2D eigenvalue weighted by molar-refractivity contribution is 8.00. The van der Waals surface area contributed by atoms with Gasteiger partial charge in [0.15, 0.2) is 5.82 Å². The first-order chi connectivity index (χ1) is 14.2. The van der Waals surface area contributed by atoms with Gasteiger partial charge in [-0.2, -0.15) is 0 Å². The third-order valence-electron chi connectivity index (χ3n) is 4.72. The highest BCUT2D eigenvalue weighted by Crippen LogP contribution is 2.24. The number of aromatic nitrogens is 3. The summed E-state index contributed by atoms with van der Waals surface area (Å²) < 4.78 is 7.21. The van der Waals surface area contributed by atoms with Gasteiger partial charge in [0.1, 0.15) is 12.4 Å². The van der Waals surface area contributed by atoms with Crippen LogP contribution < -0.4 is 15.9 Å². The molecular formula is C22H27N5O2S. The van der Waals surface area contributed by atoms with E-state index in [4.69, 9.17) is 10.6 Å². The van der Waals surface area contributed by atoms with Gasteiger partial charge in [-0.1, -0.05) is 41.6 Å². The number of nitrogens with one attached hydrogen (secondary N) is 1. The van der Waals surface area contributed by atoms with E-state index in [1.807, 2.05) is 65.0 Å². The Morgan fingerprint density at radius 2 is 1.80 bits per heavy atom. The molecule has 30 heavy (non-hydrogen) atoms. The standard InChI is InChI=1S/C22H27N5O2S/c1-13-7-9-19(16(4)10-13)29-12-20-25-26-22(27(20)23)30-17(5)21(28)24-18-11-14(2)6-8-15(18)3/h6-11,17H,12,23H2,1-5H3,(H,24,28)/t17-/m1/s1. The molecule has 1 aromatic heterocycles. The minimum atomic E-state index is -0.399. The van der Waals surface area contributed by atoms with Gasteiger partial charge in [0.25, 0.3) is 0 Å². The van der Waals surface area contributed by atoms with Crippen molar-refractivity contribution in [1.82, 2.24) is 14.9 Å². The average molecular weight is 426 g/mol. The molecule has 0 spiro atoms. The van der Waals surface area contributed by atoms with Crippen LogP contribution in [0.4, 0.5) is 5.69 Å². The van der Waals surface area contributed by atoms with E-state index in [0.29, 0.717) is 11.0 Å². The van der Waals surface area contributed by atoms with Crippen molar-refractivity contribution in [2.45, 2.75) is 51.6 Å². The monoisotopic (exact) mass is 425 g/mol. The zero-order chi connectivity index (χ0) is 21.8. The maximum atomic E-state index is 12.6. The molecule has 3 rings (SSSR count). The molecular weight excluding hydrogens is 398 g/mol. The van der Waals surface area contributed by atoms with Crippen molar-refractivity contribution in [1.29, 1.82) is 0 Å². The predicted molar refractivity (Wildman–Crippen MR) is 120 cm³/mol. The molecule has 0 saturated carbocycles. The van der Waals surface area contributed by atoms with Gasteiger partial charge in [-0.3, -0.25) is 4.79 Å². The summed E-state index contributed by atoms with van der Waals surface area (Å²) in [6.45, 7) is 9.99. The summed E-state index contributed by atoms with van der Waals surface area (Å²) in [4.78, 5) is 12.6. The van der Waals surface area contributed by atoms with Gasteiger partial charge in [-0.15, -0.1) is 10.2 Å². The highest BCUT2D eigenvalue weighted by atomic mass is 32.2. The first-order valence-corrected chi connectivity index (χ1v) is 10.6. The molecule has 0 aliphatic rings. The first-order valence-electron chi connectivity index (χ1n) is 9.69. The summed E-state index contributed by atoms with van der Waals surface area (Å²) in [7, 11) is 0. The number of nitrogens with zero attached hydrogens (tertiary/aromatic N) is 3. The number of amides is 1. The molecule has 1 atom stereocenters. The zero-order valence-corrected chi connectivity index (χ0v) is 18.7. The Hall–Kier alpha value is -3.00. The lowest BCUT2D eigenvalue weighted by atomic mass is 10.1. The number of anilines is 1. The van der Waals surface area contributed by atoms with Gasteiger partial charge in [0.2, 0.25) is 11.1 Å². The fourth-order valence-electron chi connectivity index (χ4n) is 2.91. The van der Waals surface area contributed by atoms with Gasteiger partial charge < -0.3 is 15.9 Å². The van der Waals surface area contributed by atoms with Crippen LogP contribution in [0.2, 0.25) is 0 Å². The molecule has 0 aliphatic carbocycles. The number of rotatable bonds is 7. The second kappa shape index (κ2) is 9.21. The quantitative estimate of drug-likeness (QED) is 0.440. The Labute approximate surface area is 181 Å². The van der Waals surface area contributed by atoms with Crippen LogP contribution >= 0.6 is 11.8 Å². The molecule has 0 saturated heterocycles. The Morgan fingerprint density at radius 1 is 1.10 bits per heavy atom. The molecule has 0 bridgehead atoms. The number of carbonyl (C=O) groups is 1. The second-order valence-electron chi connectivity index (χ2n) is 7.39. The topological polar surface area (TPSA) is 95.1 Å². The van der Waals surface area contributed by atoms with E-state index in [9.17, 15) is 4.79 Å². The summed E-state index contributed by atoms with van der Waals surface area (Å²) in [6, 6.07) is 11.9. The average Bonchev–Trinajstić information content (AvgIpc) is 3.03. The third kappa shape index (κ3) is 5.13. The zero-order valence-electron chi connectivity index (χ0n) is 17.9. The van der Waals surface area contributed by atoms with E-state index in [-0.39, 0.29) is 12.5 Å². The number of hydrogen-bond donors (Lipinski definition) is 2. The van der Waals surface area contributed by atoms with Crippen molar-refractivity contribution >= 4 is 23.4 Å². The molecule has 0 unspecified atom stereocenters. The lowest BCUT2D eigenvalue weighted by Gasteiger charge is -2.14. The number of carbonyl (C=O) groups excluding carboxylic acids is 1. The van der Waals surface area contributed by atoms with Crippen LogP contribution in [0, 0.1) is 27.7 Å². The molecule has 1 heterocycles. The van der Waals surface area contributed by atoms with Crippen LogP contribution in [0.3, 0.4) is 0 Å². The lowest BCUT2D eigenvalue weighted by molar-refractivity contribution is -0.115. The molecule has 0 fully saturated rings. The molecule has 8 heteroatoms. The molecule has 3 N–H and O–H groups in total. The van der Waals surface area contributed by atoms with Gasteiger partial charge in [0, 0.05) is 5.69 Å². The molecule has 7 nitrogen and oxygen atoms in total. The maximum absolute atomic E-state index is 12.6. The smallest absolute Gasteiger partial charge is 0.237 e. The first kappa shape index (κ1) is 21.7. The van der Waals surface area contributed by atoms with Gasteiger partial charge >= 0.3 is 0 Å². The van der Waals surface area contributed by atoms with Crippen LogP contribution in [-0.4, -0.2) is 26.0 Å². The molecule has 2 aromatic carbocycles. The fraction of sp³-hybridized carbons (Fsp3) is 0.318. The van der Waals surface area contributed by atoms with Gasteiger partial charge in [0.05, 0.1) is 5.25 Å². The van der Waals surface area contributed by atoms with Crippen molar-refractivity contribution in [3.05, 3.63) is 64.5 Å². The summed E-state index contributed by atoms with van der Waals surface area (Å²) in [6.07, 6.45) is 0. The lowest BCUT2D eigenvalue weighted by Crippen LogP contribution is -2.24. The predicted octanol–water partition coefficient (Wildman–Crippen LogP) is 3.92. The van der Waals surface area contributed by atoms with Crippen molar-refractivity contribution in [2.75, 3.05) is 11.2 Å². The van der Waals surface area contributed by atoms with E-state index in [0.717, 1.165) is 28.1 Å². The van der Waals surface area contributed by atoms with Gasteiger partial charge in [-0.25, -0.2) is 4.68 Å². The van der Waals surface area contributed by atoms with Crippen LogP contribution in [-0.2, 0) is 11.4 Å². The summed E-state index contributed by atoms with van der Waals surface area (Å²) in [5, 5.41) is 11.3. The van der Waals surface area contributed by atoms with Crippen LogP contribution in [0.5, 0.6) is 5.75 Å². The number of aryl methyl sites for hydroxylation is 4. The SMILES string of the molecule is Cc1ccc(OCc2nnc(S[C@H](C)C(=O)Nc3cc(C)ccc3C)n2N)c(C)c1. The molecule has 3 aromatic rings. The number of nitrogen functional groups attached to an aromatic ring is 1. The number of ether oxygens (including phenoxy) is 1. The largest absolute Gasteiger partial charge is 0.485 e. The molecule has 158 valence electrons. The maximum Gasteiger partial charge on any atom is 0.237 e. The number of benzene rings is 2. The number of thioether (sulfide) groups is 1. The number of hydrogen-bond acceptors (Lipinski definition) is 6. The number of nitrogens with two attached hydrogens (primary N) is 1. The Bertz CT molecular complexity index is 1060. The molecule has 1 amide bonds. The van der Waals surface area contributed by atoms with E-state index in [1.165, 1.54) is 22.0 Å². The Balaban J connectivity index is 1.62. The summed E-state index contributed by atoms with van der Waals surface area (Å²) in [5.74, 6) is 7.28. The fourth-order valence-corrected chi connectivity index (χ4v) is 3.70. The minimum absolute atomic E-state index is 0.121. The Morgan fingerprint density at radius 3 is 2.53 bits per heavy atom.